The van der Waals surface area contributed by atoms with Gasteiger partial charge in [-0.25, -0.2) is 0 Å². The number of halogens is 2. The quantitative estimate of drug-likeness (QED) is 0.459. The fraction of sp³-hybridized carbons (Fsp3) is 0.0769. The fourth-order valence-electron chi connectivity index (χ4n) is 4.13. The van der Waals surface area contributed by atoms with Crippen molar-refractivity contribution in [3.8, 4) is 11.1 Å². The molecule has 0 unspecified atom stereocenters. The summed E-state index contributed by atoms with van der Waals surface area (Å²) >= 11 is 0. The monoisotopic (exact) mass is 491 g/mol. The molecule has 0 saturated heterocycles. The molecule has 0 aliphatic heterocycles. The van der Waals surface area contributed by atoms with E-state index >= 15 is 0 Å². The third-order valence-corrected chi connectivity index (χ3v) is 5.46. The van der Waals surface area contributed by atoms with Gasteiger partial charge < -0.3 is 24.8 Å². The predicted molar refractivity (Wildman–Crippen MR) is 109 cm³/mol. The average Bonchev–Trinajstić information content (AvgIpc) is 3.31. The summed E-state index contributed by atoms with van der Waals surface area (Å²) in [5, 5.41) is 0. The molecule has 3 aromatic carbocycles. The summed E-state index contributed by atoms with van der Waals surface area (Å²) in [7, 11) is 0. The van der Waals surface area contributed by atoms with Gasteiger partial charge in [-0.15, -0.1) is 17.2 Å². The summed E-state index contributed by atoms with van der Waals surface area (Å²) in [5.74, 6) is 0.278. The van der Waals surface area contributed by atoms with Crippen molar-refractivity contribution in [1.29, 1.82) is 0 Å². The second-order valence-electron chi connectivity index (χ2n) is 6.93. The van der Waals surface area contributed by atoms with E-state index in [1.54, 1.807) is 0 Å². The summed E-state index contributed by atoms with van der Waals surface area (Å²) < 4.78 is 0. The second-order valence-corrected chi connectivity index (χ2v) is 6.93. The van der Waals surface area contributed by atoms with Gasteiger partial charge >= 0.3 is 26.2 Å². The number of fused-ring (bicyclic) bond motifs is 3. The summed E-state index contributed by atoms with van der Waals surface area (Å²) in [4.78, 5) is 0. The third-order valence-electron chi connectivity index (χ3n) is 5.46. The molecule has 2 aliphatic carbocycles. The largest absolute Gasteiger partial charge is 3.00 e. The number of allylic oxidation sites excluding steroid dienone is 6. The molecule has 5 rings (SSSR count). The maximum atomic E-state index is 3.70. The first kappa shape index (κ1) is 23.6. The van der Waals surface area contributed by atoms with E-state index in [-0.39, 0.29) is 56.9 Å². The van der Waals surface area contributed by atoms with E-state index in [9.17, 15) is 0 Å². The van der Waals surface area contributed by atoms with Gasteiger partial charge in [-0.1, -0.05) is 91.3 Å². The van der Waals surface area contributed by atoms with Crippen molar-refractivity contribution in [1.82, 2.24) is 0 Å². The molecule has 29 heavy (non-hydrogen) atoms. The molecule has 0 amide bonds. The molecule has 3 heteroatoms. The molecule has 3 aromatic rings. The van der Waals surface area contributed by atoms with Crippen LogP contribution in [0.15, 0.2) is 102 Å². The molecule has 0 atom stereocenters. The van der Waals surface area contributed by atoms with Crippen LogP contribution in [-0.4, -0.2) is 0 Å². The Labute approximate surface area is 204 Å². The van der Waals surface area contributed by atoms with Crippen molar-refractivity contribution < 1.29 is 51.0 Å². The van der Waals surface area contributed by atoms with Gasteiger partial charge in [0, 0.05) is 5.92 Å². The van der Waals surface area contributed by atoms with Gasteiger partial charge in [0.05, 0.1) is 0 Å². The van der Waals surface area contributed by atoms with E-state index in [0.717, 1.165) is 0 Å². The molecule has 0 aromatic heterocycles. The fourth-order valence-corrected chi connectivity index (χ4v) is 4.13. The van der Waals surface area contributed by atoms with Gasteiger partial charge in [0.25, 0.3) is 0 Å². The molecule has 0 nitrogen and oxygen atoms in total. The first-order valence-corrected chi connectivity index (χ1v) is 9.09. The van der Waals surface area contributed by atoms with Crippen molar-refractivity contribution in [2.45, 2.75) is 12.8 Å². The van der Waals surface area contributed by atoms with Crippen LogP contribution in [0.25, 0.3) is 16.7 Å². The molecule has 0 N–H and O–H groups in total. The van der Waals surface area contributed by atoms with Crippen molar-refractivity contribution in [2.75, 3.05) is 0 Å². The van der Waals surface area contributed by atoms with Crippen molar-refractivity contribution in [3.63, 3.8) is 0 Å². The zero-order valence-electron chi connectivity index (χ0n) is 16.0. The SMILES string of the molecule is CC(=C1[C-]=C(C2c3ccccc3-c3ccccc32)C=C1)c1ccccc1.[Cl-].[Cl-].[Zr+3]. The van der Waals surface area contributed by atoms with Gasteiger partial charge in [0.2, 0.25) is 0 Å². The summed E-state index contributed by atoms with van der Waals surface area (Å²) in [6, 6.07) is 28.1. The van der Waals surface area contributed by atoms with E-state index in [0.29, 0.717) is 0 Å². The van der Waals surface area contributed by atoms with Crippen LogP contribution in [0.4, 0.5) is 0 Å². The minimum Gasteiger partial charge on any atom is -1.00 e. The smallest absolute Gasteiger partial charge is 1.00 e. The number of hydrogen-bond donors (Lipinski definition) is 0. The normalized spacial score (nSPS) is 15.3. The van der Waals surface area contributed by atoms with Crippen LogP contribution in [0.5, 0.6) is 0 Å². The van der Waals surface area contributed by atoms with Gasteiger partial charge in [0.15, 0.2) is 0 Å². The van der Waals surface area contributed by atoms with Gasteiger partial charge in [-0.2, -0.15) is 17.7 Å². The zero-order chi connectivity index (χ0) is 17.5. The molecule has 0 fully saturated rings. The van der Waals surface area contributed by atoms with Crippen LogP contribution >= 0.6 is 0 Å². The van der Waals surface area contributed by atoms with E-state index in [1.807, 2.05) is 0 Å². The second kappa shape index (κ2) is 9.90. The van der Waals surface area contributed by atoms with Gasteiger partial charge in [0.1, 0.15) is 0 Å². The average molecular weight is 494 g/mol. The Morgan fingerprint density at radius 3 is 1.79 bits per heavy atom. The summed E-state index contributed by atoms with van der Waals surface area (Å²) in [5.41, 5.74) is 10.5. The molecule has 1 radical (unpaired) electrons. The predicted octanol–water partition coefficient (Wildman–Crippen LogP) is 0.577. The molecule has 0 bridgehead atoms. The Morgan fingerprint density at radius 1 is 0.690 bits per heavy atom. The third kappa shape index (κ3) is 4.15. The van der Waals surface area contributed by atoms with Crippen LogP contribution < -0.4 is 24.8 Å². The van der Waals surface area contributed by atoms with Crippen LogP contribution in [0, 0.1) is 6.08 Å². The van der Waals surface area contributed by atoms with E-state index < -0.39 is 0 Å². The molecular formula is C26H19Cl2Zr. The van der Waals surface area contributed by atoms with Gasteiger partial charge in [-0.05, 0) is 22.3 Å². The summed E-state index contributed by atoms with van der Waals surface area (Å²) in [6.45, 7) is 2.18. The number of hydrogen-bond acceptors (Lipinski definition) is 0. The van der Waals surface area contributed by atoms with E-state index in [4.69, 9.17) is 0 Å². The van der Waals surface area contributed by atoms with Crippen LogP contribution in [0.2, 0.25) is 0 Å². The molecule has 0 heterocycles. The van der Waals surface area contributed by atoms with Crippen molar-refractivity contribution in [2.24, 2.45) is 0 Å². The Balaban J connectivity index is 0.000001000. The van der Waals surface area contributed by atoms with Gasteiger partial charge in [-0.3, -0.25) is 0 Å². The Hall–Kier alpha value is -1.66. The standard InChI is InChI=1S/C26H19.2ClH.Zr/c1-18(19-9-3-2-4-10-19)20-15-16-21(17-20)26-24-13-7-5-11-22(24)23-12-6-8-14-25(23)26;;;/h2-16,26H,1H3;2*1H;/q-1;;;+3/p-2. The molecule has 0 spiro atoms. The first-order chi connectivity index (χ1) is 12.8. The van der Waals surface area contributed by atoms with Crippen LogP contribution in [-0.2, 0) is 26.2 Å². The minimum atomic E-state index is 0. The first-order valence-electron chi connectivity index (χ1n) is 9.09. The Kier molecular flexibility index (Phi) is 8.06. The Morgan fingerprint density at radius 2 is 1.21 bits per heavy atom. The Bertz CT molecular complexity index is 1050. The minimum absolute atomic E-state index is 0. The van der Waals surface area contributed by atoms with Crippen molar-refractivity contribution >= 4 is 5.57 Å². The zero-order valence-corrected chi connectivity index (χ0v) is 20.0. The summed E-state index contributed by atoms with van der Waals surface area (Å²) in [6.07, 6.45) is 8.15. The van der Waals surface area contributed by atoms with Crippen LogP contribution in [0.3, 0.4) is 0 Å². The molecule has 141 valence electrons. The van der Waals surface area contributed by atoms with E-state index in [1.165, 1.54) is 44.5 Å². The topological polar surface area (TPSA) is 0 Å². The maximum Gasteiger partial charge on any atom is 3.00 e. The van der Waals surface area contributed by atoms with Crippen molar-refractivity contribution in [3.05, 3.63) is 125 Å². The van der Waals surface area contributed by atoms with Crippen LogP contribution in [0.1, 0.15) is 29.5 Å². The molecule has 2 aliphatic rings. The molecular weight excluding hydrogens is 474 g/mol. The number of rotatable bonds is 2. The number of benzene rings is 3. The van der Waals surface area contributed by atoms with E-state index in [2.05, 4.69) is 104 Å². The maximum absolute atomic E-state index is 3.70. The molecule has 0 saturated carbocycles.